The molecule has 67 valence electrons. The summed E-state index contributed by atoms with van der Waals surface area (Å²) in [5.41, 5.74) is 0. The first-order valence-electron chi connectivity index (χ1n) is 4.54. The second kappa shape index (κ2) is 5.84. The molecule has 0 saturated carbocycles. The van der Waals surface area contributed by atoms with Crippen LogP contribution in [0.4, 0.5) is 0 Å². The van der Waals surface area contributed by atoms with Crippen molar-refractivity contribution >= 4 is 0 Å². The third kappa shape index (κ3) is 3.58. The molecular formula is C10H15O2. The summed E-state index contributed by atoms with van der Waals surface area (Å²) in [4.78, 5) is 0. The van der Waals surface area contributed by atoms with Gasteiger partial charge in [0.05, 0.1) is 12.9 Å². The average Bonchev–Trinajstić information content (AvgIpc) is 2.57. The number of furan rings is 1. The molecule has 12 heavy (non-hydrogen) atoms. The number of hydrogen-bond donors (Lipinski definition) is 0. The molecule has 0 saturated heterocycles. The van der Waals surface area contributed by atoms with Gasteiger partial charge in [-0.3, -0.25) is 0 Å². The van der Waals surface area contributed by atoms with Crippen LogP contribution in [0.25, 0.3) is 0 Å². The van der Waals surface area contributed by atoms with E-state index in [4.69, 9.17) is 4.42 Å². The third-order valence-electron chi connectivity index (χ3n) is 1.90. The molecule has 2 heteroatoms. The zero-order valence-electron chi connectivity index (χ0n) is 7.29. The Morgan fingerprint density at radius 3 is 2.67 bits per heavy atom. The molecular weight excluding hydrogens is 152 g/mol. The van der Waals surface area contributed by atoms with Gasteiger partial charge in [-0.2, -0.15) is 0 Å². The highest BCUT2D eigenvalue weighted by Crippen LogP contribution is 2.07. The van der Waals surface area contributed by atoms with Gasteiger partial charge in [0.1, 0.15) is 5.76 Å². The van der Waals surface area contributed by atoms with Crippen LogP contribution >= 0.6 is 0 Å². The molecule has 0 unspecified atom stereocenters. The second-order valence-electron chi connectivity index (χ2n) is 2.95. The third-order valence-corrected chi connectivity index (χ3v) is 1.90. The Morgan fingerprint density at radius 1 is 1.17 bits per heavy atom. The van der Waals surface area contributed by atoms with E-state index in [-0.39, 0.29) is 6.61 Å². The topological polar surface area (TPSA) is 33.0 Å². The van der Waals surface area contributed by atoms with Crippen LogP contribution in [0.15, 0.2) is 22.8 Å². The van der Waals surface area contributed by atoms with Gasteiger partial charge in [-0.1, -0.05) is 12.8 Å². The van der Waals surface area contributed by atoms with Gasteiger partial charge in [-0.05, 0) is 25.0 Å². The molecule has 1 heterocycles. The van der Waals surface area contributed by atoms with Gasteiger partial charge in [0, 0.05) is 6.42 Å². The van der Waals surface area contributed by atoms with Crippen molar-refractivity contribution in [1.29, 1.82) is 0 Å². The average molecular weight is 167 g/mol. The Labute approximate surface area is 73.2 Å². The van der Waals surface area contributed by atoms with Gasteiger partial charge >= 0.3 is 0 Å². The molecule has 0 spiro atoms. The van der Waals surface area contributed by atoms with E-state index in [1.54, 1.807) is 6.26 Å². The van der Waals surface area contributed by atoms with Crippen LogP contribution in [0, 0.1) is 0 Å². The predicted molar refractivity (Wildman–Crippen MR) is 46.4 cm³/mol. The Balaban J connectivity index is 1.96. The van der Waals surface area contributed by atoms with Crippen LogP contribution in [0.2, 0.25) is 0 Å². The van der Waals surface area contributed by atoms with E-state index in [0.29, 0.717) is 0 Å². The van der Waals surface area contributed by atoms with Crippen molar-refractivity contribution < 1.29 is 9.52 Å². The van der Waals surface area contributed by atoms with Crippen molar-refractivity contribution in [1.82, 2.24) is 0 Å². The second-order valence-corrected chi connectivity index (χ2v) is 2.95. The fourth-order valence-corrected chi connectivity index (χ4v) is 1.21. The molecule has 1 aromatic heterocycles. The van der Waals surface area contributed by atoms with Gasteiger partial charge in [-0.15, -0.1) is 0 Å². The molecule has 0 aliphatic carbocycles. The smallest absolute Gasteiger partial charge is 0.103 e. The minimum absolute atomic E-state index is 0.0702. The molecule has 2 nitrogen and oxygen atoms in total. The molecule has 0 atom stereocenters. The van der Waals surface area contributed by atoms with E-state index in [1.165, 1.54) is 0 Å². The summed E-state index contributed by atoms with van der Waals surface area (Å²) in [6.07, 6.45) is 6.86. The fraction of sp³-hybridized carbons (Fsp3) is 0.600. The fourth-order valence-electron chi connectivity index (χ4n) is 1.21. The van der Waals surface area contributed by atoms with E-state index in [2.05, 4.69) is 0 Å². The predicted octanol–water partition coefficient (Wildman–Crippen LogP) is 2.81. The molecule has 0 bridgehead atoms. The lowest BCUT2D eigenvalue weighted by molar-refractivity contribution is 0.186. The van der Waals surface area contributed by atoms with Crippen molar-refractivity contribution in [2.75, 3.05) is 6.61 Å². The zero-order valence-corrected chi connectivity index (χ0v) is 7.29. The van der Waals surface area contributed by atoms with Crippen molar-refractivity contribution in [3.8, 4) is 0 Å². The van der Waals surface area contributed by atoms with E-state index >= 15 is 0 Å². The summed E-state index contributed by atoms with van der Waals surface area (Å²) in [7, 11) is 0. The SMILES string of the molecule is [O]CCCCCCc1ccco1. The summed E-state index contributed by atoms with van der Waals surface area (Å²) in [5.74, 6) is 1.05. The van der Waals surface area contributed by atoms with E-state index in [0.717, 1.165) is 37.9 Å². The number of hydrogen-bond acceptors (Lipinski definition) is 1. The number of rotatable bonds is 6. The van der Waals surface area contributed by atoms with Crippen LogP contribution in [-0.2, 0) is 11.5 Å². The molecule has 0 aliphatic heterocycles. The van der Waals surface area contributed by atoms with Gasteiger partial charge in [0.15, 0.2) is 0 Å². The van der Waals surface area contributed by atoms with Gasteiger partial charge < -0.3 is 4.42 Å². The molecule has 0 fully saturated rings. The standard InChI is InChI=1S/C10H15O2/c11-8-4-2-1-3-6-10-7-5-9-12-10/h5,7,9H,1-4,6,8H2. The summed E-state index contributed by atoms with van der Waals surface area (Å²) in [6, 6.07) is 3.90. The van der Waals surface area contributed by atoms with Crippen molar-refractivity contribution in [2.45, 2.75) is 32.1 Å². The minimum Gasteiger partial charge on any atom is -0.469 e. The van der Waals surface area contributed by atoms with E-state index in [9.17, 15) is 5.11 Å². The van der Waals surface area contributed by atoms with Crippen LogP contribution in [0.5, 0.6) is 0 Å². The first-order chi connectivity index (χ1) is 5.93. The van der Waals surface area contributed by atoms with Crippen LogP contribution < -0.4 is 0 Å². The molecule has 0 amide bonds. The minimum atomic E-state index is 0.0702. The van der Waals surface area contributed by atoms with Crippen LogP contribution in [0.1, 0.15) is 31.4 Å². The largest absolute Gasteiger partial charge is 0.469 e. The molecule has 0 aromatic carbocycles. The summed E-state index contributed by atoms with van der Waals surface area (Å²) >= 11 is 0. The van der Waals surface area contributed by atoms with Gasteiger partial charge in [0.2, 0.25) is 0 Å². The Bertz CT molecular complexity index is 180. The van der Waals surface area contributed by atoms with Crippen molar-refractivity contribution in [3.05, 3.63) is 24.2 Å². The highest BCUT2D eigenvalue weighted by molar-refractivity contribution is 4.97. The highest BCUT2D eigenvalue weighted by atomic mass is 16.3. The maximum atomic E-state index is 10.1. The molecule has 0 aliphatic rings. The van der Waals surface area contributed by atoms with Crippen molar-refractivity contribution in [3.63, 3.8) is 0 Å². The van der Waals surface area contributed by atoms with Crippen molar-refractivity contribution in [2.24, 2.45) is 0 Å². The van der Waals surface area contributed by atoms with Gasteiger partial charge in [0.25, 0.3) is 0 Å². The summed E-state index contributed by atoms with van der Waals surface area (Å²) in [6.45, 7) is 0.0702. The first kappa shape index (κ1) is 9.33. The van der Waals surface area contributed by atoms with Crippen LogP contribution in [0.3, 0.4) is 0 Å². The quantitative estimate of drug-likeness (QED) is 0.599. The molecule has 1 radical (unpaired) electrons. The lowest BCUT2D eigenvalue weighted by atomic mass is 10.1. The van der Waals surface area contributed by atoms with Crippen LogP contribution in [-0.4, -0.2) is 6.61 Å². The van der Waals surface area contributed by atoms with E-state index < -0.39 is 0 Å². The Hall–Kier alpha value is -0.760. The molecule has 1 rings (SSSR count). The van der Waals surface area contributed by atoms with E-state index in [1.807, 2.05) is 12.1 Å². The summed E-state index contributed by atoms with van der Waals surface area (Å²) in [5, 5.41) is 10.1. The maximum absolute atomic E-state index is 10.1. The molecule has 0 N–H and O–H groups in total. The molecule has 1 aromatic rings. The summed E-state index contributed by atoms with van der Waals surface area (Å²) < 4.78 is 5.18. The lowest BCUT2D eigenvalue weighted by Crippen LogP contribution is -1.85. The number of unbranched alkanes of at least 4 members (excludes halogenated alkanes) is 3. The first-order valence-corrected chi connectivity index (χ1v) is 4.54. The Kier molecular flexibility index (Phi) is 4.54. The highest BCUT2D eigenvalue weighted by Gasteiger charge is 1.94. The monoisotopic (exact) mass is 167 g/mol. The number of aryl methyl sites for hydroxylation is 1. The lowest BCUT2D eigenvalue weighted by Gasteiger charge is -1.96. The van der Waals surface area contributed by atoms with Gasteiger partial charge in [-0.25, -0.2) is 5.11 Å². The normalized spacial score (nSPS) is 10.4. The zero-order chi connectivity index (χ0) is 8.65. The maximum Gasteiger partial charge on any atom is 0.103 e. The Morgan fingerprint density at radius 2 is 2.00 bits per heavy atom.